The Bertz CT molecular complexity index is 882. The van der Waals surface area contributed by atoms with E-state index in [0.29, 0.717) is 10.8 Å². The van der Waals surface area contributed by atoms with E-state index in [0.717, 1.165) is 0 Å². The number of halogens is 5. The zero-order valence-electron chi connectivity index (χ0n) is 12.0. The number of pyridine rings is 1. The van der Waals surface area contributed by atoms with Crippen LogP contribution in [-0.2, 0) is 6.61 Å². The van der Waals surface area contributed by atoms with Gasteiger partial charge < -0.3 is 9.15 Å². The van der Waals surface area contributed by atoms with Gasteiger partial charge in [-0.25, -0.2) is 8.78 Å². The van der Waals surface area contributed by atoms with E-state index in [4.69, 9.17) is 20.8 Å². The largest absolute Gasteiger partial charge is 0.484 e. The minimum atomic E-state index is -1.77. The lowest BCUT2D eigenvalue weighted by molar-refractivity contribution is 0.252. The van der Waals surface area contributed by atoms with Gasteiger partial charge in [-0.2, -0.15) is 13.8 Å². The zero-order chi connectivity index (χ0) is 18.0. The predicted molar refractivity (Wildman–Crippen MR) is 78.3 cm³/mol. The van der Waals surface area contributed by atoms with Gasteiger partial charge in [0.1, 0.15) is 5.75 Å². The molecule has 0 aliphatic rings. The van der Waals surface area contributed by atoms with Crippen molar-refractivity contribution in [1.29, 1.82) is 0 Å². The lowest BCUT2D eigenvalue weighted by Crippen LogP contribution is -2.01. The van der Waals surface area contributed by atoms with Crippen LogP contribution in [0.25, 0.3) is 0 Å². The van der Waals surface area contributed by atoms with E-state index in [9.17, 15) is 17.6 Å². The van der Waals surface area contributed by atoms with E-state index in [1.54, 1.807) is 24.3 Å². The third-order valence-electron chi connectivity index (χ3n) is 2.77. The summed E-state index contributed by atoms with van der Waals surface area (Å²) in [7, 11) is 0. The summed E-state index contributed by atoms with van der Waals surface area (Å²) in [5, 5.41) is 7.35. The standard InChI is InChI=1S/C14H6ClF4N3O2S/c15-6-1-3-7(4-2-6)23-5-8-21-22-14(24-8)25-11-9(16)12(18)20-13(19)10(11)17/h1-4H,5H2. The molecule has 0 spiro atoms. The molecule has 3 aromatic rings. The molecule has 0 saturated carbocycles. The molecule has 0 N–H and O–H groups in total. The van der Waals surface area contributed by atoms with Crippen molar-refractivity contribution in [2.24, 2.45) is 0 Å². The van der Waals surface area contributed by atoms with Crippen molar-refractivity contribution < 1.29 is 26.7 Å². The van der Waals surface area contributed by atoms with E-state index >= 15 is 0 Å². The first-order valence-corrected chi connectivity index (χ1v) is 7.72. The minimum Gasteiger partial charge on any atom is -0.484 e. The SMILES string of the molecule is Fc1nc(F)c(F)c(Sc2nnc(COc3ccc(Cl)cc3)o2)c1F. The molecule has 0 bridgehead atoms. The maximum atomic E-state index is 13.5. The smallest absolute Gasteiger partial charge is 0.281 e. The summed E-state index contributed by atoms with van der Waals surface area (Å²) in [6.07, 6.45) is 0. The van der Waals surface area contributed by atoms with E-state index in [2.05, 4.69) is 15.2 Å². The van der Waals surface area contributed by atoms with E-state index in [-0.39, 0.29) is 29.5 Å². The number of rotatable bonds is 5. The molecule has 0 aliphatic carbocycles. The summed E-state index contributed by atoms with van der Waals surface area (Å²) in [5.41, 5.74) is 0. The second-order valence-electron chi connectivity index (χ2n) is 4.46. The molecule has 1 aromatic carbocycles. The molecule has 3 rings (SSSR count). The van der Waals surface area contributed by atoms with Gasteiger partial charge >= 0.3 is 0 Å². The first-order chi connectivity index (χ1) is 11.9. The summed E-state index contributed by atoms with van der Waals surface area (Å²) >= 11 is 5.97. The van der Waals surface area contributed by atoms with Crippen LogP contribution in [0.3, 0.4) is 0 Å². The highest BCUT2D eigenvalue weighted by atomic mass is 35.5. The van der Waals surface area contributed by atoms with Crippen LogP contribution >= 0.6 is 23.4 Å². The van der Waals surface area contributed by atoms with E-state index < -0.39 is 28.4 Å². The van der Waals surface area contributed by atoms with Crippen LogP contribution in [0.1, 0.15) is 5.89 Å². The summed E-state index contributed by atoms with van der Waals surface area (Å²) in [6, 6.07) is 6.46. The normalized spacial score (nSPS) is 10.9. The summed E-state index contributed by atoms with van der Waals surface area (Å²) in [4.78, 5) is 1.48. The van der Waals surface area contributed by atoms with Gasteiger partial charge in [-0.05, 0) is 36.0 Å². The van der Waals surface area contributed by atoms with Gasteiger partial charge in [-0.1, -0.05) is 11.6 Å². The number of aromatic nitrogens is 3. The van der Waals surface area contributed by atoms with Crippen molar-refractivity contribution in [2.45, 2.75) is 16.7 Å². The predicted octanol–water partition coefficient (Wildman–Crippen LogP) is 4.40. The molecule has 130 valence electrons. The average molecular weight is 392 g/mol. The highest BCUT2D eigenvalue weighted by Crippen LogP contribution is 2.32. The summed E-state index contributed by atoms with van der Waals surface area (Å²) < 4.78 is 63.7. The monoisotopic (exact) mass is 391 g/mol. The van der Waals surface area contributed by atoms with Crippen molar-refractivity contribution >= 4 is 23.4 Å². The lowest BCUT2D eigenvalue weighted by Gasteiger charge is -2.03. The van der Waals surface area contributed by atoms with E-state index in [1.165, 1.54) is 0 Å². The maximum absolute atomic E-state index is 13.5. The van der Waals surface area contributed by atoms with Crippen LogP contribution in [0, 0.1) is 23.5 Å². The van der Waals surface area contributed by atoms with Gasteiger partial charge in [-0.15, -0.1) is 10.2 Å². The Morgan fingerprint density at radius 3 is 2.28 bits per heavy atom. The molecule has 5 nitrogen and oxygen atoms in total. The van der Waals surface area contributed by atoms with Gasteiger partial charge in [0.2, 0.25) is 0 Å². The van der Waals surface area contributed by atoms with Gasteiger partial charge in [-0.3, -0.25) is 0 Å². The highest BCUT2D eigenvalue weighted by Gasteiger charge is 2.23. The van der Waals surface area contributed by atoms with Crippen LogP contribution in [0.4, 0.5) is 17.6 Å². The Kier molecular flexibility index (Phi) is 5.09. The van der Waals surface area contributed by atoms with Crippen molar-refractivity contribution in [3.05, 3.63) is 58.7 Å². The number of hydrogen-bond donors (Lipinski definition) is 0. The van der Waals surface area contributed by atoms with Crippen molar-refractivity contribution in [3.8, 4) is 5.75 Å². The zero-order valence-corrected chi connectivity index (χ0v) is 13.5. The van der Waals surface area contributed by atoms with Gasteiger partial charge in [0, 0.05) is 5.02 Å². The lowest BCUT2D eigenvalue weighted by atomic mass is 10.3. The van der Waals surface area contributed by atoms with Crippen LogP contribution < -0.4 is 4.74 Å². The third kappa shape index (κ3) is 4.02. The second kappa shape index (κ2) is 7.28. The van der Waals surface area contributed by atoms with Crippen LogP contribution in [0.2, 0.25) is 5.02 Å². The summed E-state index contributed by atoms with van der Waals surface area (Å²) in [5.74, 6) is -6.37. The maximum Gasteiger partial charge on any atom is 0.281 e. The van der Waals surface area contributed by atoms with Crippen molar-refractivity contribution in [3.63, 3.8) is 0 Å². The molecule has 2 aromatic heterocycles. The molecule has 0 saturated heterocycles. The molecule has 11 heteroatoms. The van der Waals surface area contributed by atoms with Crippen LogP contribution in [0.15, 0.2) is 38.8 Å². The number of hydrogen-bond acceptors (Lipinski definition) is 6. The molecule has 0 amide bonds. The molecule has 25 heavy (non-hydrogen) atoms. The Labute approximate surface area is 147 Å². The fraction of sp³-hybridized carbons (Fsp3) is 0.0714. The quantitative estimate of drug-likeness (QED) is 0.474. The fourth-order valence-electron chi connectivity index (χ4n) is 1.66. The van der Waals surface area contributed by atoms with Gasteiger partial charge in [0.25, 0.3) is 23.0 Å². The summed E-state index contributed by atoms with van der Waals surface area (Å²) in [6.45, 7) is -0.126. The number of benzene rings is 1. The number of nitrogens with zero attached hydrogens (tertiary/aromatic N) is 3. The number of ether oxygens (including phenoxy) is 1. The Morgan fingerprint density at radius 1 is 1.00 bits per heavy atom. The molecule has 0 fully saturated rings. The Balaban J connectivity index is 1.71. The molecule has 0 radical (unpaired) electrons. The third-order valence-corrected chi connectivity index (χ3v) is 3.93. The molecule has 0 aliphatic heterocycles. The topological polar surface area (TPSA) is 61.0 Å². The first-order valence-electron chi connectivity index (χ1n) is 6.52. The van der Waals surface area contributed by atoms with E-state index in [1.807, 2.05) is 0 Å². The second-order valence-corrected chi connectivity index (χ2v) is 5.85. The molecule has 2 heterocycles. The fourth-order valence-corrected chi connectivity index (χ4v) is 2.53. The molecule has 0 unspecified atom stereocenters. The highest BCUT2D eigenvalue weighted by molar-refractivity contribution is 7.99. The molecular formula is C14H6ClF4N3O2S. The van der Waals surface area contributed by atoms with Gasteiger partial charge in [0.15, 0.2) is 18.2 Å². The Hall–Kier alpha value is -2.33. The average Bonchev–Trinajstić information content (AvgIpc) is 3.04. The van der Waals surface area contributed by atoms with Gasteiger partial charge in [0.05, 0.1) is 4.90 Å². The minimum absolute atomic E-state index is 0.00623. The molecule has 0 atom stereocenters. The van der Waals surface area contributed by atoms with Crippen LogP contribution in [0.5, 0.6) is 5.75 Å². The van der Waals surface area contributed by atoms with Crippen molar-refractivity contribution in [2.75, 3.05) is 0 Å². The van der Waals surface area contributed by atoms with Crippen LogP contribution in [-0.4, -0.2) is 15.2 Å². The molecular weight excluding hydrogens is 386 g/mol. The van der Waals surface area contributed by atoms with Crippen molar-refractivity contribution in [1.82, 2.24) is 15.2 Å². The Morgan fingerprint density at radius 2 is 1.64 bits per heavy atom. The first kappa shape index (κ1) is 17.5.